The van der Waals surface area contributed by atoms with Gasteiger partial charge in [0, 0.05) is 14.0 Å². The van der Waals surface area contributed by atoms with Crippen molar-refractivity contribution >= 4 is 30.8 Å². The Morgan fingerprint density at radius 3 is 3.09 bits per heavy atom. The van der Waals surface area contributed by atoms with Crippen LogP contribution >= 0.6 is 11.8 Å². The van der Waals surface area contributed by atoms with E-state index in [1.807, 2.05) is 12.2 Å². The number of carbonyl (C=O) groups is 2. The fourth-order valence-corrected chi connectivity index (χ4v) is 2.48. The molecule has 0 aromatic carbocycles. The molecule has 2 rings (SSSR count). The lowest BCUT2D eigenvalue weighted by Crippen LogP contribution is -2.49. The molecule has 1 aromatic heterocycles. The second-order valence-corrected chi connectivity index (χ2v) is 5.51. The SMILES string of the molecule is CC(=O)OB1OCC=CC[C@@H]1NC(=O)CSc1nnnn1C. The highest BCUT2D eigenvalue weighted by atomic mass is 32.2. The first-order valence-electron chi connectivity index (χ1n) is 6.64. The molecule has 1 aliphatic heterocycles. The number of thioether (sulfide) groups is 1. The van der Waals surface area contributed by atoms with Crippen LogP contribution in [-0.2, 0) is 25.9 Å². The van der Waals surface area contributed by atoms with Crippen molar-refractivity contribution in [1.82, 2.24) is 25.5 Å². The second-order valence-electron chi connectivity index (χ2n) is 4.57. The number of nitrogens with one attached hydrogen (secondary N) is 1. The van der Waals surface area contributed by atoms with E-state index in [-0.39, 0.29) is 11.7 Å². The Hall–Kier alpha value is -1.88. The molecule has 0 saturated carbocycles. The number of nitrogens with zero attached hydrogens (tertiary/aromatic N) is 4. The summed E-state index contributed by atoms with van der Waals surface area (Å²) in [5.41, 5.74) is 0. The summed E-state index contributed by atoms with van der Waals surface area (Å²) < 4.78 is 12.0. The van der Waals surface area contributed by atoms with E-state index in [0.29, 0.717) is 18.2 Å². The third-order valence-electron chi connectivity index (χ3n) is 2.78. The Morgan fingerprint density at radius 1 is 1.59 bits per heavy atom. The van der Waals surface area contributed by atoms with Gasteiger partial charge in [-0.1, -0.05) is 23.9 Å². The average molecular weight is 325 g/mol. The smallest absolute Gasteiger partial charge is 0.508 e. The van der Waals surface area contributed by atoms with Crippen molar-refractivity contribution in [2.24, 2.45) is 7.05 Å². The number of hydrogen-bond acceptors (Lipinski definition) is 8. The van der Waals surface area contributed by atoms with Gasteiger partial charge < -0.3 is 14.6 Å². The van der Waals surface area contributed by atoms with Crippen LogP contribution in [0.15, 0.2) is 17.3 Å². The molecule has 1 atom stereocenters. The minimum atomic E-state index is -0.794. The number of amides is 1. The Kier molecular flexibility index (Phi) is 5.96. The normalized spacial score (nSPS) is 17.9. The summed E-state index contributed by atoms with van der Waals surface area (Å²) in [6.07, 6.45) is 4.23. The molecule has 0 unspecified atom stereocenters. The zero-order valence-corrected chi connectivity index (χ0v) is 13.1. The predicted octanol–water partition coefficient (Wildman–Crippen LogP) is -0.646. The molecule has 1 amide bonds. The number of aromatic nitrogens is 4. The lowest BCUT2D eigenvalue weighted by molar-refractivity contribution is -0.134. The molecule has 1 aromatic rings. The molecule has 0 bridgehead atoms. The Morgan fingerprint density at radius 2 is 2.41 bits per heavy atom. The highest BCUT2D eigenvalue weighted by molar-refractivity contribution is 7.99. The molecular formula is C11H16BN5O4S. The van der Waals surface area contributed by atoms with Crippen LogP contribution in [0, 0.1) is 0 Å². The molecule has 0 spiro atoms. The van der Waals surface area contributed by atoms with Crippen LogP contribution in [0.1, 0.15) is 13.3 Å². The van der Waals surface area contributed by atoms with Crippen molar-refractivity contribution in [2.45, 2.75) is 24.4 Å². The molecule has 0 saturated heterocycles. The van der Waals surface area contributed by atoms with Gasteiger partial charge in [0.2, 0.25) is 11.1 Å². The van der Waals surface area contributed by atoms with Crippen molar-refractivity contribution in [3.05, 3.63) is 12.2 Å². The highest BCUT2D eigenvalue weighted by Gasteiger charge is 2.34. The molecule has 118 valence electrons. The summed E-state index contributed by atoms with van der Waals surface area (Å²) >= 11 is 1.22. The fourth-order valence-electron chi connectivity index (χ4n) is 1.82. The second kappa shape index (κ2) is 7.94. The highest BCUT2D eigenvalue weighted by Crippen LogP contribution is 2.13. The van der Waals surface area contributed by atoms with Gasteiger partial charge in [-0.15, -0.1) is 5.10 Å². The van der Waals surface area contributed by atoms with Gasteiger partial charge in [-0.2, -0.15) is 0 Å². The number of hydrogen-bond donors (Lipinski definition) is 1. The summed E-state index contributed by atoms with van der Waals surface area (Å²) in [4.78, 5) is 23.1. The van der Waals surface area contributed by atoms with Gasteiger partial charge in [0.05, 0.1) is 18.3 Å². The zero-order valence-electron chi connectivity index (χ0n) is 12.3. The minimum absolute atomic E-state index is 0.154. The first kappa shape index (κ1) is 16.5. The average Bonchev–Trinajstić information content (AvgIpc) is 2.75. The van der Waals surface area contributed by atoms with E-state index in [1.54, 1.807) is 7.05 Å². The standard InChI is InChI=1S/C11H16BN5O4S/c1-8(18)21-12-9(5-3-4-6-20-12)13-10(19)7-22-11-14-15-16-17(11)2/h3-4,9H,5-7H2,1-2H3,(H,13,19)/t9-/m0/s1. The van der Waals surface area contributed by atoms with E-state index in [1.165, 1.54) is 23.4 Å². The van der Waals surface area contributed by atoms with Crippen molar-refractivity contribution in [3.8, 4) is 0 Å². The van der Waals surface area contributed by atoms with Crippen LogP contribution in [0.4, 0.5) is 0 Å². The maximum absolute atomic E-state index is 12.0. The van der Waals surface area contributed by atoms with Gasteiger partial charge in [-0.05, 0) is 16.8 Å². The van der Waals surface area contributed by atoms with Crippen LogP contribution < -0.4 is 5.32 Å². The third-order valence-corrected chi connectivity index (χ3v) is 3.79. The zero-order chi connectivity index (χ0) is 15.9. The first-order chi connectivity index (χ1) is 10.6. The third kappa shape index (κ3) is 4.84. The van der Waals surface area contributed by atoms with Crippen LogP contribution in [0.25, 0.3) is 0 Å². The Labute approximate surface area is 131 Å². The molecule has 1 N–H and O–H groups in total. The molecule has 9 nitrogen and oxygen atoms in total. The molecule has 22 heavy (non-hydrogen) atoms. The van der Waals surface area contributed by atoms with Gasteiger partial charge in [-0.3, -0.25) is 9.59 Å². The van der Waals surface area contributed by atoms with Gasteiger partial charge in [0.25, 0.3) is 5.97 Å². The van der Waals surface area contributed by atoms with Crippen LogP contribution in [-0.4, -0.2) is 57.5 Å². The number of rotatable bonds is 5. The van der Waals surface area contributed by atoms with E-state index in [0.717, 1.165) is 0 Å². The summed E-state index contributed by atoms with van der Waals surface area (Å²) in [5, 5.41) is 14.3. The maximum atomic E-state index is 12.0. The lowest BCUT2D eigenvalue weighted by Gasteiger charge is -2.20. The quantitative estimate of drug-likeness (QED) is 0.432. The minimum Gasteiger partial charge on any atom is -0.508 e. The Bertz CT molecular complexity index is 566. The number of aryl methyl sites for hydroxylation is 1. The van der Waals surface area contributed by atoms with Crippen molar-refractivity contribution in [1.29, 1.82) is 0 Å². The monoisotopic (exact) mass is 325 g/mol. The number of carbonyl (C=O) groups excluding carboxylic acids is 2. The molecular weight excluding hydrogens is 309 g/mol. The van der Waals surface area contributed by atoms with E-state index in [9.17, 15) is 9.59 Å². The van der Waals surface area contributed by atoms with Gasteiger partial charge >= 0.3 is 7.12 Å². The first-order valence-corrected chi connectivity index (χ1v) is 7.63. The number of tetrazole rings is 1. The van der Waals surface area contributed by atoms with E-state index in [2.05, 4.69) is 20.8 Å². The van der Waals surface area contributed by atoms with Crippen molar-refractivity contribution in [3.63, 3.8) is 0 Å². The predicted molar refractivity (Wildman–Crippen MR) is 78.7 cm³/mol. The molecule has 11 heteroatoms. The van der Waals surface area contributed by atoms with E-state index >= 15 is 0 Å². The van der Waals surface area contributed by atoms with Gasteiger partial charge in [-0.25, -0.2) is 4.68 Å². The molecule has 2 heterocycles. The van der Waals surface area contributed by atoms with E-state index in [4.69, 9.17) is 9.31 Å². The maximum Gasteiger partial charge on any atom is 0.551 e. The van der Waals surface area contributed by atoms with Crippen LogP contribution in [0.2, 0.25) is 0 Å². The van der Waals surface area contributed by atoms with Gasteiger partial charge in [0.15, 0.2) is 0 Å². The molecule has 1 aliphatic rings. The molecule has 0 fully saturated rings. The van der Waals surface area contributed by atoms with Crippen molar-refractivity contribution in [2.75, 3.05) is 12.4 Å². The van der Waals surface area contributed by atoms with Crippen molar-refractivity contribution < 1.29 is 18.9 Å². The lowest BCUT2D eigenvalue weighted by atomic mass is 9.76. The summed E-state index contributed by atoms with van der Waals surface area (Å²) in [6.45, 7) is 1.64. The molecule has 0 radical (unpaired) electrons. The van der Waals surface area contributed by atoms with Gasteiger partial charge in [0.1, 0.15) is 0 Å². The van der Waals surface area contributed by atoms with E-state index < -0.39 is 19.0 Å². The largest absolute Gasteiger partial charge is 0.551 e. The summed E-state index contributed by atoms with van der Waals surface area (Å²) in [7, 11) is 0.902. The summed E-state index contributed by atoms with van der Waals surface area (Å²) in [5.74, 6) is -0.936. The van der Waals surface area contributed by atoms with Crippen LogP contribution in [0.5, 0.6) is 0 Å². The fraction of sp³-hybridized carbons (Fsp3) is 0.545. The molecule has 0 aliphatic carbocycles. The topological polar surface area (TPSA) is 108 Å². The Balaban J connectivity index is 1.88. The van der Waals surface area contributed by atoms with Crippen LogP contribution in [0.3, 0.4) is 0 Å². The summed E-state index contributed by atoms with van der Waals surface area (Å²) in [6, 6.07) is 0.